The molecule has 0 aromatic carbocycles. The van der Waals surface area contributed by atoms with Gasteiger partial charge in [0.25, 0.3) is 0 Å². The number of likely N-dealkylation sites (tertiary alicyclic amines) is 2. The molecule has 2 atom stereocenters. The molecule has 2 rings (SSSR count). The number of carbonyl (C=O) groups is 2. The van der Waals surface area contributed by atoms with E-state index in [-0.39, 0.29) is 23.9 Å². The van der Waals surface area contributed by atoms with Gasteiger partial charge in [0.2, 0.25) is 11.8 Å². The molecule has 2 aliphatic heterocycles. The van der Waals surface area contributed by atoms with Crippen LogP contribution in [0, 0.1) is 0 Å². The molecule has 0 saturated carbocycles. The average Bonchev–Trinajstić information content (AvgIpc) is 2.84. The number of likely N-dealkylation sites (N-methyl/N-ethyl adjacent to an activating group) is 1. The third kappa shape index (κ3) is 2.90. The zero-order valence-corrected chi connectivity index (χ0v) is 12.0. The van der Waals surface area contributed by atoms with Crippen LogP contribution in [0.1, 0.15) is 12.8 Å². The van der Waals surface area contributed by atoms with Gasteiger partial charge in [-0.3, -0.25) is 9.59 Å². The Morgan fingerprint density at radius 1 is 1.42 bits per heavy atom. The molecule has 6 heteroatoms. The van der Waals surface area contributed by atoms with E-state index < -0.39 is 0 Å². The lowest BCUT2D eigenvalue weighted by Gasteiger charge is -2.26. The van der Waals surface area contributed by atoms with Crippen LogP contribution in [0.2, 0.25) is 0 Å². The third-order valence-electron chi connectivity index (χ3n) is 3.92. The van der Waals surface area contributed by atoms with Gasteiger partial charge in [0, 0.05) is 26.6 Å². The van der Waals surface area contributed by atoms with E-state index in [4.69, 9.17) is 4.74 Å². The van der Waals surface area contributed by atoms with Crippen molar-refractivity contribution in [1.82, 2.24) is 14.7 Å². The first-order valence-corrected chi connectivity index (χ1v) is 6.77. The number of carbonyl (C=O) groups excluding carboxylic acids is 2. The van der Waals surface area contributed by atoms with Gasteiger partial charge in [-0.1, -0.05) is 0 Å². The van der Waals surface area contributed by atoms with Gasteiger partial charge in [0.05, 0.1) is 25.2 Å². The summed E-state index contributed by atoms with van der Waals surface area (Å²) in [5, 5.41) is 0. The number of fused-ring (bicyclic) bond motifs is 1. The van der Waals surface area contributed by atoms with Gasteiger partial charge in [-0.2, -0.15) is 0 Å². The summed E-state index contributed by atoms with van der Waals surface area (Å²) in [5.74, 6) is 0.272. The number of methoxy groups -OCH3 is 1. The minimum Gasteiger partial charge on any atom is -0.383 e. The van der Waals surface area contributed by atoms with Crippen LogP contribution < -0.4 is 0 Å². The van der Waals surface area contributed by atoms with Gasteiger partial charge in [0.1, 0.15) is 0 Å². The molecule has 108 valence electrons. The maximum atomic E-state index is 12.2. The molecule has 0 bridgehead atoms. The molecule has 0 unspecified atom stereocenters. The van der Waals surface area contributed by atoms with Gasteiger partial charge in [-0.25, -0.2) is 0 Å². The second-order valence-electron chi connectivity index (χ2n) is 5.53. The summed E-state index contributed by atoms with van der Waals surface area (Å²) in [6, 6.07) is 0.255. The van der Waals surface area contributed by atoms with Crippen molar-refractivity contribution in [3.05, 3.63) is 0 Å². The van der Waals surface area contributed by atoms with Crippen molar-refractivity contribution in [2.75, 3.05) is 47.4 Å². The Balaban J connectivity index is 1.99. The topological polar surface area (TPSA) is 53.1 Å². The number of hydrogen-bond acceptors (Lipinski definition) is 4. The SMILES string of the molecule is COCCN1C(=O)C[C@H]2[C@H]1CCN2C(=O)CN(C)C. The summed E-state index contributed by atoms with van der Waals surface area (Å²) < 4.78 is 5.05. The van der Waals surface area contributed by atoms with Gasteiger partial charge < -0.3 is 19.4 Å². The Bertz CT molecular complexity index is 359. The zero-order chi connectivity index (χ0) is 14.0. The molecule has 2 fully saturated rings. The van der Waals surface area contributed by atoms with E-state index in [2.05, 4.69) is 0 Å². The number of nitrogens with zero attached hydrogens (tertiary/aromatic N) is 3. The third-order valence-corrected chi connectivity index (χ3v) is 3.92. The van der Waals surface area contributed by atoms with Gasteiger partial charge >= 0.3 is 0 Å². The fraction of sp³-hybridized carbons (Fsp3) is 0.846. The molecular formula is C13H23N3O3. The van der Waals surface area contributed by atoms with Crippen molar-refractivity contribution in [1.29, 1.82) is 0 Å². The monoisotopic (exact) mass is 269 g/mol. The highest BCUT2D eigenvalue weighted by atomic mass is 16.5. The minimum absolute atomic E-state index is 0.0665. The molecule has 6 nitrogen and oxygen atoms in total. The van der Waals surface area contributed by atoms with Crippen LogP contribution in [0.5, 0.6) is 0 Å². The van der Waals surface area contributed by atoms with Crippen LogP contribution in [0.3, 0.4) is 0 Å². The quantitative estimate of drug-likeness (QED) is 0.668. The minimum atomic E-state index is 0.0665. The second-order valence-corrected chi connectivity index (χ2v) is 5.53. The van der Waals surface area contributed by atoms with E-state index in [1.54, 1.807) is 7.11 Å². The fourth-order valence-corrected chi connectivity index (χ4v) is 3.08. The van der Waals surface area contributed by atoms with E-state index in [0.717, 1.165) is 13.0 Å². The first-order chi connectivity index (χ1) is 9.04. The maximum Gasteiger partial charge on any atom is 0.237 e. The molecule has 0 radical (unpaired) electrons. The fourth-order valence-electron chi connectivity index (χ4n) is 3.08. The van der Waals surface area contributed by atoms with Crippen LogP contribution in [-0.4, -0.2) is 86.0 Å². The van der Waals surface area contributed by atoms with E-state index >= 15 is 0 Å². The molecular weight excluding hydrogens is 246 g/mol. The van der Waals surface area contributed by atoms with Crippen molar-refractivity contribution >= 4 is 11.8 Å². The number of ether oxygens (including phenoxy) is 1. The lowest BCUT2D eigenvalue weighted by Crippen LogP contribution is -2.43. The van der Waals surface area contributed by atoms with E-state index in [1.165, 1.54) is 0 Å². The molecule has 0 aromatic rings. The van der Waals surface area contributed by atoms with Crippen LogP contribution in [0.25, 0.3) is 0 Å². The predicted molar refractivity (Wildman–Crippen MR) is 70.7 cm³/mol. The van der Waals surface area contributed by atoms with E-state index in [9.17, 15) is 9.59 Å². The summed E-state index contributed by atoms with van der Waals surface area (Å²) in [6.07, 6.45) is 1.35. The molecule has 2 aliphatic rings. The smallest absolute Gasteiger partial charge is 0.237 e. The summed E-state index contributed by atoms with van der Waals surface area (Å²) in [4.78, 5) is 29.8. The normalized spacial score (nSPS) is 26.4. The van der Waals surface area contributed by atoms with E-state index in [1.807, 2.05) is 28.8 Å². The summed E-state index contributed by atoms with van der Waals surface area (Å²) in [5.41, 5.74) is 0. The number of rotatable bonds is 5. The highest BCUT2D eigenvalue weighted by molar-refractivity contribution is 5.84. The van der Waals surface area contributed by atoms with Crippen LogP contribution >= 0.6 is 0 Å². The highest BCUT2D eigenvalue weighted by Crippen LogP contribution is 2.32. The van der Waals surface area contributed by atoms with E-state index in [0.29, 0.717) is 26.1 Å². The van der Waals surface area contributed by atoms with Gasteiger partial charge in [-0.05, 0) is 20.5 Å². The maximum absolute atomic E-state index is 12.2. The van der Waals surface area contributed by atoms with Crippen molar-refractivity contribution in [3.8, 4) is 0 Å². The summed E-state index contributed by atoms with van der Waals surface area (Å²) in [6.45, 7) is 2.36. The van der Waals surface area contributed by atoms with Gasteiger partial charge in [0.15, 0.2) is 0 Å². The molecule has 0 aromatic heterocycles. The first kappa shape index (κ1) is 14.3. The largest absolute Gasteiger partial charge is 0.383 e. The predicted octanol–water partition coefficient (Wildman–Crippen LogP) is -0.604. The number of hydrogen-bond donors (Lipinski definition) is 0. The van der Waals surface area contributed by atoms with Crippen LogP contribution in [0.15, 0.2) is 0 Å². The Morgan fingerprint density at radius 2 is 2.16 bits per heavy atom. The number of amides is 2. The van der Waals surface area contributed by atoms with Crippen LogP contribution in [-0.2, 0) is 14.3 Å². The lowest BCUT2D eigenvalue weighted by molar-refractivity contribution is -0.132. The molecule has 0 spiro atoms. The van der Waals surface area contributed by atoms with Crippen molar-refractivity contribution in [2.45, 2.75) is 24.9 Å². The first-order valence-electron chi connectivity index (χ1n) is 6.77. The molecule has 0 N–H and O–H groups in total. The standard InChI is InChI=1S/C13H23N3O3/c1-14(2)9-13(18)15-5-4-10-11(15)8-12(17)16(10)6-7-19-3/h10-11H,4-9H2,1-3H3/t10-,11+/m1/s1. The summed E-state index contributed by atoms with van der Waals surface area (Å²) in [7, 11) is 5.41. The Labute approximate surface area is 114 Å². The van der Waals surface area contributed by atoms with Gasteiger partial charge in [-0.15, -0.1) is 0 Å². The Morgan fingerprint density at radius 3 is 2.79 bits per heavy atom. The second kappa shape index (κ2) is 5.88. The average molecular weight is 269 g/mol. The lowest BCUT2D eigenvalue weighted by atomic mass is 10.1. The molecule has 19 heavy (non-hydrogen) atoms. The Kier molecular flexibility index (Phi) is 4.42. The molecule has 2 heterocycles. The van der Waals surface area contributed by atoms with Crippen molar-refractivity contribution in [2.24, 2.45) is 0 Å². The van der Waals surface area contributed by atoms with Crippen LogP contribution in [0.4, 0.5) is 0 Å². The summed E-state index contributed by atoms with van der Waals surface area (Å²) >= 11 is 0. The zero-order valence-electron chi connectivity index (χ0n) is 12.0. The molecule has 2 saturated heterocycles. The molecule has 2 amide bonds. The van der Waals surface area contributed by atoms with Crippen molar-refractivity contribution in [3.63, 3.8) is 0 Å². The molecule has 0 aliphatic carbocycles. The Hall–Kier alpha value is -1.14. The van der Waals surface area contributed by atoms with Crippen molar-refractivity contribution < 1.29 is 14.3 Å². The highest BCUT2D eigenvalue weighted by Gasteiger charge is 2.47.